The fourth-order valence-corrected chi connectivity index (χ4v) is 2.59. The number of nitrogens with one attached hydrogen (secondary N) is 1. The number of hydrogen-bond donors (Lipinski definition) is 2. The minimum Gasteiger partial charge on any atom is -0.507 e. The number of hydrogen-bond acceptors (Lipinski definition) is 4. The first-order valence-corrected chi connectivity index (χ1v) is 8.56. The summed E-state index contributed by atoms with van der Waals surface area (Å²) in [5.74, 6) is 0.716. The van der Waals surface area contributed by atoms with Gasteiger partial charge in [-0.3, -0.25) is 4.79 Å². The summed E-state index contributed by atoms with van der Waals surface area (Å²) in [6, 6.07) is 21.1. The van der Waals surface area contributed by atoms with Crippen molar-refractivity contribution in [1.29, 1.82) is 0 Å². The summed E-state index contributed by atoms with van der Waals surface area (Å²) in [6.07, 6.45) is 1.37. The summed E-state index contributed by atoms with van der Waals surface area (Å²) in [7, 11) is 0. The second-order valence-corrected chi connectivity index (χ2v) is 6.23. The lowest BCUT2D eigenvalue weighted by molar-refractivity contribution is 0.0953. The van der Waals surface area contributed by atoms with Crippen molar-refractivity contribution in [1.82, 2.24) is 5.43 Å². The number of aromatic hydroxyl groups is 1. The Kier molecular flexibility index (Phi) is 5.66. The van der Waals surface area contributed by atoms with E-state index in [4.69, 9.17) is 4.74 Å². The van der Waals surface area contributed by atoms with E-state index in [9.17, 15) is 9.90 Å². The van der Waals surface area contributed by atoms with Gasteiger partial charge in [-0.1, -0.05) is 46.3 Å². The number of phenolic OH excluding ortho intramolecular Hbond substituents is 1. The molecule has 0 spiro atoms. The number of carbonyl (C=O) groups is 1. The second-order valence-electron chi connectivity index (χ2n) is 5.31. The van der Waals surface area contributed by atoms with Gasteiger partial charge in [-0.2, -0.15) is 5.10 Å². The molecule has 0 radical (unpaired) electrons. The Hall–Kier alpha value is -3.12. The normalized spacial score (nSPS) is 10.7. The number of ether oxygens (including phenoxy) is 1. The van der Waals surface area contributed by atoms with E-state index in [1.54, 1.807) is 36.4 Å². The third kappa shape index (κ3) is 4.49. The van der Waals surface area contributed by atoms with Crippen LogP contribution in [0.5, 0.6) is 17.2 Å². The zero-order valence-corrected chi connectivity index (χ0v) is 15.2. The molecule has 1 amide bonds. The highest BCUT2D eigenvalue weighted by Gasteiger charge is 2.12. The van der Waals surface area contributed by atoms with Crippen molar-refractivity contribution in [3.05, 3.63) is 88.4 Å². The molecule has 0 atom stereocenters. The maximum absolute atomic E-state index is 12.4. The highest BCUT2D eigenvalue weighted by Crippen LogP contribution is 2.25. The average molecular weight is 411 g/mol. The molecule has 0 fully saturated rings. The summed E-state index contributed by atoms with van der Waals surface area (Å²) >= 11 is 3.32. The van der Waals surface area contributed by atoms with Gasteiger partial charge in [0, 0.05) is 10.0 Å². The number of amides is 1. The monoisotopic (exact) mass is 410 g/mol. The van der Waals surface area contributed by atoms with E-state index in [1.165, 1.54) is 12.3 Å². The molecule has 0 aliphatic carbocycles. The Morgan fingerprint density at radius 1 is 1.04 bits per heavy atom. The third-order valence-electron chi connectivity index (χ3n) is 3.46. The molecular weight excluding hydrogens is 396 g/mol. The molecule has 0 aliphatic heterocycles. The topological polar surface area (TPSA) is 70.9 Å². The number of phenols is 1. The van der Waals surface area contributed by atoms with E-state index < -0.39 is 5.91 Å². The second kappa shape index (κ2) is 8.31. The van der Waals surface area contributed by atoms with Gasteiger partial charge in [0.1, 0.15) is 17.2 Å². The van der Waals surface area contributed by atoms with E-state index in [0.29, 0.717) is 22.6 Å². The highest BCUT2D eigenvalue weighted by atomic mass is 79.9. The van der Waals surface area contributed by atoms with Crippen LogP contribution in [0.15, 0.2) is 82.4 Å². The lowest BCUT2D eigenvalue weighted by atomic mass is 10.2. The van der Waals surface area contributed by atoms with Crippen molar-refractivity contribution in [3.63, 3.8) is 0 Å². The molecule has 26 heavy (non-hydrogen) atoms. The molecule has 5 nitrogen and oxygen atoms in total. The maximum Gasteiger partial charge on any atom is 0.275 e. The van der Waals surface area contributed by atoms with Crippen molar-refractivity contribution in [2.75, 3.05) is 0 Å². The summed E-state index contributed by atoms with van der Waals surface area (Å²) in [6.45, 7) is 0. The van der Waals surface area contributed by atoms with Crippen LogP contribution in [0.4, 0.5) is 0 Å². The van der Waals surface area contributed by atoms with Gasteiger partial charge in [0.15, 0.2) is 0 Å². The number of rotatable bonds is 5. The van der Waals surface area contributed by atoms with Crippen LogP contribution in [0.1, 0.15) is 15.9 Å². The molecule has 0 aliphatic rings. The average Bonchev–Trinajstić information content (AvgIpc) is 2.66. The molecule has 0 saturated carbocycles. The molecular formula is C20H15BrN2O3. The molecule has 6 heteroatoms. The molecule has 0 unspecified atom stereocenters. The van der Waals surface area contributed by atoms with E-state index in [-0.39, 0.29) is 5.75 Å². The number of hydrazone groups is 1. The number of nitrogens with zero attached hydrogens (tertiary/aromatic N) is 1. The van der Waals surface area contributed by atoms with Crippen molar-refractivity contribution in [2.24, 2.45) is 5.10 Å². The first-order valence-electron chi connectivity index (χ1n) is 7.77. The predicted octanol–water partition coefficient (Wildman–Crippen LogP) is 4.71. The van der Waals surface area contributed by atoms with E-state index in [2.05, 4.69) is 26.5 Å². The van der Waals surface area contributed by atoms with Gasteiger partial charge < -0.3 is 9.84 Å². The van der Waals surface area contributed by atoms with Crippen molar-refractivity contribution >= 4 is 28.1 Å². The zero-order chi connectivity index (χ0) is 18.4. The molecule has 0 saturated heterocycles. The molecule has 130 valence electrons. The third-order valence-corrected chi connectivity index (χ3v) is 3.96. The van der Waals surface area contributed by atoms with Crippen molar-refractivity contribution < 1.29 is 14.6 Å². The first-order chi connectivity index (χ1) is 12.6. The standard InChI is InChI=1S/C20H15BrN2O3/c21-15-10-11-18(24)14(12-15)13-22-23-20(25)17-8-4-5-9-19(17)26-16-6-2-1-3-7-16/h1-13,24H,(H,23,25)/b22-13-. The zero-order valence-electron chi connectivity index (χ0n) is 13.6. The van der Waals surface area contributed by atoms with Gasteiger partial charge in [0.05, 0.1) is 11.8 Å². The fourth-order valence-electron chi connectivity index (χ4n) is 2.21. The Morgan fingerprint density at radius 3 is 2.58 bits per heavy atom. The van der Waals surface area contributed by atoms with Crippen LogP contribution in [0.2, 0.25) is 0 Å². The van der Waals surface area contributed by atoms with Crippen LogP contribution in [-0.4, -0.2) is 17.2 Å². The maximum atomic E-state index is 12.4. The van der Waals surface area contributed by atoms with E-state index in [0.717, 1.165) is 4.47 Å². The number of benzene rings is 3. The van der Waals surface area contributed by atoms with Crippen LogP contribution in [-0.2, 0) is 0 Å². The van der Waals surface area contributed by atoms with Gasteiger partial charge in [-0.25, -0.2) is 5.43 Å². The van der Waals surface area contributed by atoms with Crippen LogP contribution in [0.3, 0.4) is 0 Å². The molecule has 3 rings (SSSR count). The SMILES string of the molecule is O=C(N/N=C\c1cc(Br)ccc1O)c1ccccc1Oc1ccccc1. The Labute approximate surface area is 159 Å². The van der Waals surface area contributed by atoms with Gasteiger partial charge in [0.25, 0.3) is 5.91 Å². The van der Waals surface area contributed by atoms with Crippen LogP contribution in [0.25, 0.3) is 0 Å². The molecule has 0 bridgehead atoms. The summed E-state index contributed by atoms with van der Waals surface area (Å²) in [5, 5.41) is 13.7. The largest absolute Gasteiger partial charge is 0.507 e. The van der Waals surface area contributed by atoms with Crippen LogP contribution >= 0.6 is 15.9 Å². The predicted molar refractivity (Wildman–Crippen MR) is 104 cm³/mol. The first kappa shape index (κ1) is 17.7. The fraction of sp³-hybridized carbons (Fsp3) is 0. The molecule has 0 heterocycles. The Morgan fingerprint density at radius 2 is 1.77 bits per heavy atom. The number of carbonyl (C=O) groups excluding carboxylic acids is 1. The van der Waals surface area contributed by atoms with Crippen LogP contribution in [0, 0.1) is 0 Å². The Bertz CT molecular complexity index is 943. The molecule has 3 aromatic carbocycles. The van der Waals surface area contributed by atoms with Gasteiger partial charge in [0.2, 0.25) is 0 Å². The molecule has 3 aromatic rings. The summed E-state index contributed by atoms with van der Waals surface area (Å²) in [4.78, 5) is 12.4. The molecule has 0 aromatic heterocycles. The van der Waals surface area contributed by atoms with Gasteiger partial charge in [-0.15, -0.1) is 0 Å². The van der Waals surface area contributed by atoms with E-state index in [1.807, 2.05) is 30.3 Å². The smallest absolute Gasteiger partial charge is 0.275 e. The lowest BCUT2D eigenvalue weighted by Crippen LogP contribution is -2.18. The minimum absolute atomic E-state index is 0.0685. The Balaban J connectivity index is 1.74. The van der Waals surface area contributed by atoms with Crippen LogP contribution < -0.4 is 10.2 Å². The number of halogens is 1. The minimum atomic E-state index is -0.415. The number of para-hydroxylation sites is 2. The lowest BCUT2D eigenvalue weighted by Gasteiger charge is -2.09. The summed E-state index contributed by atoms with van der Waals surface area (Å²) in [5.41, 5.74) is 3.28. The van der Waals surface area contributed by atoms with Gasteiger partial charge in [-0.05, 0) is 42.5 Å². The summed E-state index contributed by atoms with van der Waals surface area (Å²) < 4.78 is 6.57. The highest BCUT2D eigenvalue weighted by molar-refractivity contribution is 9.10. The quantitative estimate of drug-likeness (QED) is 0.472. The van der Waals surface area contributed by atoms with Crippen molar-refractivity contribution in [3.8, 4) is 17.2 Å². The van der Waals surface area contributed by atoms with Gasteiger partial charge >= 0.3 is 0 Å². The van der Waals surface area contributed by atoms with E-state index >= 15 is 0 Å². The molecule has 2 N–H and O–H groups in total. The van der Waals surface area contributed by atoms with Crippen molar-refractivity contribution in [2.45, 2.75) is 0 Å².